The van der Waals surface area contributed by atoms with Gasteiger partial charge in [0.1, 0.15) is 11.6 Å². The lowest BCUT2D eigenvalue weighted by molar-refractivity contribution is -0.141. The second kappa shape index (κ2) is 5.16. The van der Waals surface area contributed by atoms with E-state index in [1.54, 1.807) is 0 Å². The molecule has 0 saturated heterocycles. The van der Waals surface area contributed by atoms with E-state index in [0.29, 0.717) is 0 Å². The minimum absolute atomic E-state index is 0.0465. The molecular weight excluding hydrogens is 235 g/mol. The van der Waals surface area contributed by atoms with Crippen LogP contribution in [0, 0.1) is 11.7 Å². The van der Waals surface area contributed by atoms with Gasteiger partial charge in [0.15, 0.2) is 0 Å². The Morgan fingerprint density at radius 1 is 1.62 bits per heavy atom. The maximum absolute atomic E-state index is 13.5. The predicted octanol–water partition coefficient (Wildman–Crippen LogP) is 2.75. The van der Waals surface area contributed by atoms with Crippen molar-refractivity contribution >= 4 is 17.6 Å². The highest BCUT2D eigenvalue weighted by atomic mass is 35.5. The minimum atomic E-state index is -0.985. The topological polar surface area (TPSA) is 46.5 Å². The van der Waals surface area contributed by atoms with E-state index in [1.165, 1.54) is 26.2 Å². The second-order valence-electron chi connectivity index (χ2n) is 3.48. The van der Waals surface area contributed by atoms with Crippen LogP contribution in [0.4, 0.5) is 4.39 Å². The molecule has 0 aromatic heterocycles. The number of carbonyl (C=O) groups is 1. The van der Waals surface area contributed by atoms with Crippen LogP contribution in [0.1, 0.15) is 12.5 Å². The van der Waals surface area contributed by atoms with E-state index < -0.39 is 17.7 Å². The summed E-state index contributed by atoms with van der Waals surface area (Å²) >= 11 is 5.83. The van der Waals surface area contributed by atoms with Gasteiger partial charge in [-0.2, -0.15) is 0 Å². The van der Waals surface area contributed by atoms with Crippen molar-refractivity contribution in [3.05, 3.63) is 28.5 Å². The molecule has 1 N–H and O–H groups in total. The Morgan fingerprint density at radius 3 is 2.75 bits per heavy atom. The molecule has 0 saturated carbocycles. The van der Waals surface area contributed by atoms with E-state index in [9.17, 15) is 9.18 Å². The third kappa shape index (κ3) is 2.64. The molecule has 0 bridgehead atoms. The third-order valence-electron chi connectivity index (χ3n) is 2.29. The largest absolute Gasteiger partial charge is 0.495 e. The normalized spacial score (nSPS) is 12.2. The predicted molar refractivity (Wildman–Crippen MR) is 58.5 cm³/mol. The van der Waals surface area contributed by atoms with Crippen LogP contribution >= 0.6 is 11.6 Å². The van der Waals surface area contributed by atoms with E-state index in [4.69, 9.17) is 21.4 Å². The van der Waals surface area contributed by atoms with Crippen LogP contribution < -0.4 is 4.74 Å². The Hall–Kier alpha value is -1.29. The highest BCUT2D eigenvalue weighted by molar-refractivity contribution is 6.32. The molecule has 16 heavy (non-hydrogen) atoms. The first kappa shape index (κ1) is 12.8. The van der Waals surface area contributed by atoms with E-state index in [2.05, 4.69) is 0 Å². The fourth-order valence-corrected chi connectivity index (χ4v) is 1.63. The first-order valence-corrected chi connectivity index (χ1v) is 5.08. The molecule has 0 radical (unpaired) electrons. The van der Waals surface area contributed by atoms with Crippen LogP contribution in [0.5, 0.6) is 5.75 Å². The molecule has 0 aliphatic carbocycles. The van der Waals surface area contributed by atoms with Crippen LogP contribution in [0.2, 0.25) is 5.02 Å². The molecule has 1 unspecified atom stereocenters. The van der Waals surface area contributed by atoms with Crippen LogP contribution in [0.25, 0.3) is 0 Å². The fourth-order valence-electron chi connectivity index (χ4n) is 1.38. The van der Waals surface area contributed by atoms with E-state index in [1.807, 2.05) is 0 Å². The summed E-state index contributed by atoms with van der Waals surface area (Å²) < 4.78 is 18.5. The number of benzene rings is 1. The fraction of sp³-hybridized carbons (Fsp3) is 0.364. The summed E-state index contributed by atoms with van der Waals surface area (Å²) in [5.41, 5.74) is 0.199. The second-order valence-corrected chi connectivity index (χ2v) is 3.89. The summed E-state index contributed by atoms with van der Waals surface area (Å²) in [6.45, 7) is 1.50. The summed E-state index contributed by atoms with van der Waals surface area (Å²) in [5.74, 6) is -1.98. The summed E-state index contributed by atoms with van der Waals surface area (Å²) in [7, 11) is 1.37. The number of hydrogen-bond donors (Lipinski definition) is 1. The van der Waals surface area contributed by atoms with Gasteiger partial charge in [0.2, 0.25) is 0 Å². The van der Waals surface area contributed by atoms with Crippen molar-refractivity contribution in [3.8, 4) is 5.75 Å². The SMILES string of the molecule is COc1c(Cl)ccc(F)c1CC(C)C(=O)O. The highest BCUT2D eigenvalue weighted by Gasteiger charge is 2.19. The Labute approximate surface area is 97.8 Å². The number of hydrogen-bond acceptors (Lipinski definition) is 2. The van der Waals surface area contributed by atoms with Crippen molar-refractivity contribution in [2.75, 3.05) is 7.11 Å². The van der Waals surface area contributed by atoms with Crippen molar-refractivity contribution < 1.29 is 19.0 Å². The van der Waals surface area contributed by atoms with Gasteiger partial charge >= 0.3 is 5.97 Å². The van der Waals surface area contributed by atoms with Gasteiger partial charge in [-0.25, -0.2) is 4.39 Å². The van der Waals surface area contributed by atoms with Crippen molar-refractivity contribution in [1.29, 1.82) is 0 Å². The van der Waals surface area contributed by atoms with Crippen LogP contribution in [0.3, 0.4) is 0 Å². The highest BCUT2D eigenvalue weighted by Crippen LogP contribution is 2.32. The summed E-state index contributed by atoms with van der Waals surface area (Å²) in [5, 5.41) is 9.05. The number of aliphatic carboxylic acids is 1. The maximum Gasteiger partial charge on any atom is 0.306 e. The molecule has 0 aliphatic heterocycles. The van der Waals surface area contributed by atoms with Gasteiger partial charge in [0, 0.05) is 5.56 Å². The molecule has 0 heterocycles. The van der Waals surface area contributed by atoms with E-state index >= 15 is 0 Å². The lowest BCUT2D eigenvalue weighted by Gasteiger charge is -2.13. The molecule has 88 valence electrons. The zero-order valence-electron chi connectivity index (χ0n) is 8.96. The van der Waals surface area contributed by atoms with E-state index in [0.717, 1.165) is 0 Å². The zero-order chi connectivity index (χ0) is 12.3. The molecule has 1 aromatic rings. The average molecular weight is 247 g/mol. The van der Waals surface area contributed by atoms with Crippen molar-refractivity contribution in [2.45, 2.75) is 13.3 Å². The van der Waals surface area contributed by atoms with Crippen LogP contribution in [-0.2, 0) is 11.2 Å². The maximum atomic E-state index is 13.5. The molecule has 0 aliphatic rings. The Bertz CT molecular complexity index is 406. The molecule has 0 fully saturated rings. The van der Waals surface area contributed by atoms with Gasteiger partial charge in [-0.15, -0.1) is 0 Å². The number of carboxylic acids is 1. The first-order chi connectivity index (χ1) is 7.47. The van der Waals surface area contributed by atoms with Gasteiger partial charge in [-0.3, -0.25) is 4.79 Å². The average Bonchev–Trinajstić information content (AvgIpc) is 2.23. The Kier molecular flexibility index (Phi) is 4.12. The van der Waals surface area contributed by atoms with Crippen molar-refractivity contribution in [1.82, 2.24) is 0 Å². The quantitative estimate of drug-likeness (QED) is 0.889. The molecule has 0 spiro atoms. The number of carboxylic acid groups (broad SMARTS) is 1. The Balaban J connectivity index is 3.11. The molecule has 1 atom stereocenters. The number of halogens is 2. The van der Waals surface area contributed by atoms with E-state index in [-0.39, 0.29) is 22.8 Å². The van der Waals surface area contributed by atoms with Crippen molar-refractivity contribution in [3.63, 3.8) is 0 Å². The number of rotatable bonds is 4. The smallest absolute Gasteiger partial charge is 0.306 e. The first-order valence-electron chi connectivity index (χ1n) is 4.71. The number of methoxy groups -OCH3 is 1. The lowest BCUT2D eigenvalue weighted by atomic mass is 10.00. The molecule has 1 rings (SSSR count). The lowest BCUT2D eigenvalue weighted by Crippen LogP contribution is -2.14. The minimum Gasteiger partial charge on any atom is -0.495 e. The van der Waals surface area contributed by atoms with Gasteiger partial charge in [-0.1, -0.05) is 18.5 Å². The zero-order valence-corrected chi connectivity index (χ0v) is 9.71. The summed E-state index contributed by atoms with van der Waals surface area (Å²) in [6.07, 6.45) is 0.0465. The summed E-state index contributed by atoms with van der Waals surface area (Å²) in [6, 6.07) is 2.58. The Morgan fingerprint density at radius 2 is 2.25 bits per heavy atom. The van der Waals surface area contributed by atoms with Gasteiger partial charge in [-0.05, 0) is 18.6 Å². The molecule has 1 aromatic carbocycles. The number of ether oxygens (including phenoxy) is 1. The third-order valence-corrected chi connectivity index (χ3v) is 2.59. The van der Waals surface area contributed by atoms with Gasteiger partial charge in [0.05, 0.1) is 18.1 Å². The summed E-state index contributed by atoms with van der Waals surface area (Å²) in [4.78, 5) is 10.7. The van der Waals surface area contributed by atoms with Gasteiger partial charge in [0.25, 0.3) is 0 Å². The standard InChI is InChI=1S/C11H12ClFO3/c1-6(11(14)15)5-7-9(13)4-3-8(12)10(7)16-2/h3-4,6H,5H2,1-2H3,(H,14,15). The van der Waals surface area contributed by atoms with Crippen molar-refractivity contribution in [2.24, 2.45) is 5.92 Å². The molecule has 3 nitrogen and oxygen atoms in total. The van der Waals surface area contributed by atoms with Crippen LogP contribution in [-0.4, -0.2) is 18.2 Å². The van der Waals surface area contributed by atoms with Gasteiger partial charge < -0.3 is 9.84 Å². The molecule has 5 heteroatoms. The monoisotopic (exact) mass is 246 g/mol. The van der Waals surface area contributed by atoms with Crippen LogP contribution in [0.15, 0.2) is 12.1 Å². The molecule has 0 amide bonds. The molecular formula is C11H12ClFO3.